The molecule has 0 aromatic carbocycles. The molecule has 3 unspecified atom stereocenters. The van der Waals surface area contributed by atoms with Gasteiger partial charge in [0.2, 0.25) is 0 Å². The van der Waals surface area contributed by atoms with Crippen molar-refractivity contribution in [2.45, 2.75) is 91.6 Å². The van der Waals surface area contributed by atoms with Crippen molar-refractivity contribution in [2.24, 2.45) is 5.92 Å². The molecule has 2 nitrogen and oxygen atoms in total. The van der Waals surface area contributed by atoms with E-state index in [2.05, 4.69) is 27.7 Å². The first kappa shape index (κ1) is 19.2. The van der Waals surface area contributed by atoms with Crippen LogP contribution in [0.15, 0.2) is 0 Å². The molecule has 0 aromatic heterocycles. The Bertz CT molecular complexity index is 219. The molecule has 3 atom stereocenters. The minimum atomic E-state index is -1.82. The molecule has 3 heteroatoms. The van der Waals surface area contributed by atoms with Gasteiger partial charge in [0, 0.05) is 6.16 Å². The van der Waals surface area contributed by atoms with Crippen molar-refractivity contribution in [3.63, 3.8) is 0 Å². The third kappa shape index (κ3) is 11.7. The first-order valence-electron chi connectivity index (χ1n) is 8.33. The SMILES string of the molecule is CCCCCCC(C)O[PH](=O)CC(CC)CCCC. The maximum Gasteiger partial charge on any atom is 0.192 e. The molecule has 116 valence electrons. The van der Waals surface area contributed by atoms with Crippen LogP contribution in [0.3, 0.4) is 0 Å². The van der Waals surface area contributed by atoms with E-state index in [0.717, 1.165) is 19.0 Å². The van der Waals surface area contributed by atoms with E-state index in [0.29, 0.717) is 5.92 Å². The second-order valence-corrected chi connectivity index (χ2v) is 7.16. The summed E-state index contributed by atoms with van der Waals surface area (Å²) in [5.41, 5.74) is 0. The van der Waals surface area contributed by atoms with Crippen molar-refractivity contribution in [1.82, 2.24) is 0 Å². The van der Waals surface area contributed by atoms with Gasteiger partial charge in [-0.15, -0.1) is 0 Å². The minimum Gasteiger partial charge on any atom is -0.327 e. The highest BCUT2D eigenvalue weighted by Gasteiger charge is 2.13. The lowest BCUT2D eigenvalue weighted by Crippen LogP contribution is -2.07. The van der Waals surface area contributed by atoms with Crippen LogP contribution in [0, 0.1) is 5.92 Å². The maximum absolute atomic E-state index is 12.0. The third-order valence-electron chi connectivity index (χ3n) is 3.80. The molecule has 0 aliphatic carbocycles. The summed E-state index contributed by atoms with van der Waals surface area (Å²) in [4.78, 5) is 0. The van der Waals surface area contributed by atoms with Gasteiger partial charge in [0.15, 0.2) is 8.03 Å². The molecular weight excluding hydrogens is 255 g/mol. The van der Waals surface area contributed by atoms with Crippen LogP contribution in [0.5, 0.6) is 0 Å². The van der Waals surface area contributed by atoms with Crippen molar-refractivity contribution in [1.29, 1.82) is 0 Å². The molecule has 0 saturated carbocycles. The Morgan fingerprint density at radius 1 is 0.947 bits per heavy atom. The fourth-order valence-corrected chi connectivity index (χ4v) is 4.00. The van der Waals surface area contributed by atoms with Gasteiger partial charge in [-0.1, -0.05) is 65.7 Å². The molecule has 0 bridgehead atoms. The summed E-state index contributed by atoms with van der Waals surface area (Å²) in [5, 5.41) is 0. The van der Waals surface area contributed by atoms with Gasteiger partial charge in [-0.3, -0.25) is 4.57 Å². The highest BCUT2D eigenvalue weighted by Crippen LogP contribution is 2.32. The summed E-state index contributed by atoms with van der Waals surface area (Å²) in [6.07, 6.45) is 11.9. The molecule has 0 aliphatic heterocycles. The van der Waals surface area contributed by atoms with E-state index in [1.165, 1.54) is 44.9 Å². The summed E-state index contributed by atoms with van der Waals surface area (Å²) in [7, 11) is -1.82. The summed E-state index contributed by atoms with van der Waals surface area (Å²) in [6, 6.07) is 0. The maximum atomic E-state index is 12.0. The number of hydrogen-bond donors (Lipinski definition) is 0. The Labute approximate surface area is 121 Å². The van der Waals surface area contributed by atoms with Crippen LogP contribution in [0.4, 0.5) is 0 Å². The predicted molar refractivity (Wildman–Crippen MR) is 86.5 cm³/mol. The van der Waals surface area contributed by atoms with Gasteiger partial charge in [-0.25, -0.2) is 0 Å². The zero-order valence-electron chi connectivity index (χ0n) is 13.5. The number of rotatable bonds is 13. The van der Waals surface area contributed by atoms with Gasteiger partial charge in [-0.2, -0.15) is 0 Å². The Morgan fingerprint density at radius 3 is 2.21 bits per heavy atom. The number of hydrogen-bond acceptors (Lipinski definition) is 2. The van der Waals surface area contributed by atoms with Crippen LogP contribution in [-0.4, -0.2) is 12.3 Å². The van der Waals surface area contributed by atoms with Crippen molar-refractivity contribution >= 4 is 8.03 Å². The zero-order valence-corrected chi connectivity index (χ0v) is 14.5. The van der Waals surface area contributed by atoms with E-state index in [1.54, 1.807) is 0 Å². The van der Waals surface area contributed by atoms with Gasteiger partial charge in [0.1, 0.15) is 0 Å². The molecule has 0 spiro atoms. The summed E-state index contributed by atoms with van der Waals surface area (Å²) >= 11 is 0. The van der Waals surface area contributed by atoms with Crippen molar-refractivity contribution in [3.05, 3.63) is 0 Å². The number of unbranched alkanes of at least 4 members (excludes halogenated alkanes) is 4. The smallest absolute Gasteiger partial charge is 0.192 e. The van der Waals surface area contributed by atoms with Gasteiger partial charge in [0.25, 0.3) is 0 Å². The van der Waals surface area contributed by atoms with Gasteiger partial charge in [0.05, 0.1) is 6.10 Å². The summed E-state index contributed by atoms with van der Waals surface area (Å²) in [5.74, 6) is 0.596. The van der Waals surface area contributed by atoms with Crippen molar-refractivity contribution in [3.8, 4) is 0 Å². The van der Waals surface area contributed by atoms with Gasteiger partial charge in [-0.05, 0) is 25.7 Å². The van der Waals surface area contributed by atoms with Crippen LogP contribution < -0.4 is 0 Å². The average molecular weight is 290 g/mol. The highest BCUT2D eigenvalue weighted by molar-refractivity contribution is 7.39. The second kappa shape index (κ2) is 13.2. The molecule has 0 saturated heterocycles. The predicted octanol–water partition coefficient (Wildman–Crippen LogP) is 6.05. The van der Waals surface area contributed by atoms with Crippen LogP contribution in [0.25, 0.3) is 0 Å². The monoisotopic (exact) mass is 290 g/mol. The molecule has 0 heterocycles. The first-order chi connectivity index (χ1) is 9.13. The standard InChI is InChI=1S/C16H35O2P/c1-5-8-10-11-12-15(4)18-19(17)14-16(7-3)13-9-6-2/h15-16,19H,5-14H2,1-4H3. The fourth-order valence-electron chi connectivity index (χ4n) is 2.37. The van der Waals surface area contributed by atoms with E-state index in [1.807, 2.05) is 0 Å². The average Bonchev–Trinajstić information content (AvgIpc) is 2.39. The van der Waals surface area contributed by atoms with E-state index in [4.69, 9.17) is 4.52 Å². The molecule has 0 aromatic rings. The lowest BCUT2D eigenvalue weighted by Gasteiger charge is -2.17. The molecular formula is C16H35O2P. The topological polar surface area (TPSA) is 26.3 Å². The first-order valence-corrected chi connectivity index (χ1v) is 9.85. The van der Waals surface area contributed by atoms with Crippen LogP contribution in [0.2, 0.25) is 0 Å². The van der Waals surface area contributed by atoms with Crippen LogP contribution in [0.1, 0.15) is 85.5 Å². The molecule has 0 aliphatic rings. The summed E-state index contributed by atoms with van der Waals surface area (Å²) < 4.78 is 17.7. The van der Waals surface area contributed by atoms with Gasteiger partial charge >= 0.3 is 0 Å². The normalized spacial score (nSPS) is 16.2. The van der Waals surface area contributed by atoms with E-state index < -0.39 is 8.03 Å². The quantitative estimate of drug-likeness (QED) is 0.305. The van der Waals surface area contributed by atoms with E-state index in [-0.39, 0.29) is 6.10 Å². The van der Waals surface area contributed by atoms with Crippen LogP contribution in [-0.2, 0) is 9.09 Å². The van der Waals surface area contributed by atoms with Gasteiger partial charge < -0.3 is 4.52 Å². The van der Waals surface area contributed by atoms with Crippen molar-refractivity contribution in [2.75, 3.05) is 6.16 Å². The fraction of sp³-hybridized carbons (Fsp3) is 1.00. The lowest BCUT2D eigenvalue weighted by atomic mass is 10.0. The third-order valence-corrected chi connectivity index (χ3v) is 5.37. The second-order valence-electron chi connectivity index (χ2n) is 5.77. The molecule has 19 heavy (non-hydrogen) atoms. The molecule has 0 N–H and O–H groups in total. The molecule has 0 radical (unpaired) electrons. The Hall–Kier alpha value is 0.190. The lowest BCUT2D eigenvalue weighted by molar-refractivity contribution is 0.216. The highest BCUT2D eigenvalue weighted by atomic mass is 31.1. The minimum absolute atomic E-state index is 0.173. The zero-order chi connectivity index (χ0) is 14.5. The molecule has 0 fully saturated rings. The largest absolute Gasteiger partial charge is 0.327 e. The van der Waals surface area contributed by atoms with Crippen LogP contribution >= 0.6 is 8.03 Å². The van der Waals surface area contributed by atoms with E-state index >= 15 is 0 Å². The molecule has 0 amide bonds. The molecule has 0 rings (SSSR count). The van der Waals surface area contributed by atoms with E-state index in [9.17, 15) is 4.57 Å². The Balaban J connectivity index is 3.75. The summed E-state index contributed by atoms with van der Waals surface area (Å²) in [6.45, 7) is 8.70. The van der Waals surface area contributed by atoms with Crippen molar-refractivity contribution < 1.29 is 9.09 Å². The Kier molecular flexibility index (Phi) is 13.3. The Morgan fingerprint density at radius 2 is 1.63 bits per heavy atom.